The quantitative estimate of drug-likeness (QED) is 0.367. The summed E-state index contributed by atoms with van der Waals surface area (Å²) >= 11 is 0. The van der Waals surface area contributed by atoms with Crippen LogP contribution in [0.25, 0.3) is 33.9 Å². The summed E-state index contributed by atoms with van der Waals surface area (Å²) in [4.78, 5) is 31.5. The maximum atomic E-state index is 13.8. The van der Waals surface area contributed by atoms with Gasteiger partial charge in [0.15, 0.2) is 5.82 Å². The fourth-order valence-corrected chi connectivity index (χ4v) is 5.11. The van der Waals surface area contributed by atoms with Gasteiger partial charge in [-0.05, 0) is 52.6 Å². The highest BCUT2D eigenvalue weighted by Gasteiger charge is 2.35. The van der Waals surface area contributed by atoms with Crippen LogP contribution < -0.4 is 11.4 Å². The van der Waals surface area contributed by atoms with E-state index in [2.05, 4.69) is 55.2 Å². The number of rotatable bonds is 3. The molecule has 5 aromatic rings. The van der Waals surface area contributed by atoms with Crippen LogP contribution in [0.2, 0.25) is 0 Å². The highest BCUT2D eigenvalue weighted by atomic mass is 16.2. The minimum atomic E-state index is -0.605. The molecule has 1 aromatic heterocycles. The number of hydrogen-bond acceptors (Lipinski definition) is 3. The summed E-state index contributed by atoms with van der Waals surface area (Å²) in [5.41, 5.74) is 5.38. The van der Waals surface area contributed by atoms with Crippen molar-refractivity contribution in [3.8, 4) is 33.9 Å². The number of aromatic nitrogens is 3. The molecular weight excluding hydrogens is 434 g/mol. The van der Waals surface area contributed by atoms with E-state index >= 15 is 0 Å². The first-order valence-corrected chi connectivity index (χ1v) is 11.6. The van der Waals surface area contributed by atoms with Gasteiger partial charge in [0.25, 0.3) is 0 Å². The van der Waals surface area contributed by atoms with Gasteiger partial charge in [0, 0.05) is 11.0 Å². The van der Waals surface area contributed by atoms with E-state index < -0.39 is 11.4 Å². The SMILES string of the molecule is CC1(C)c2ccccc2-c2ccc(-c3nc(=O)n(-c4ccccc4)c(=O)n3-c3ccccc3)cc21. The lowest BCUT2D eigenvalue weighted by atomic mass is 9.82. The summed E-state index contributed by atoms with van der Waals surface area (Å²) in [5, 5.41) is 0. The molecule has 1 aliphatic carbocycles. The minimum absolute atomic E-state index is 0.209. The van der Waals surface area contributed by atoms with Crippen molar-refractivity contribution in [2.24, 2.45) is 0 Å². The zero-order valence-electron chi connectivity index (χ0n) is 19.5. The predicted octanol–water partition coefficient (Wildman–Crippen LogP) is 5.36. The molecule has 1 aliphatic rings. The molecule has 170 valence electrons. The van der Waals surface area contributed by atoms with E-state index in [0.717, 1.165) is 15.7 Å². The zero-order valence-corrected chi connectivity index (χ0v) is 19.5. The van der Waals surface area contributed by atoms with Crippen molar-refractivity contribution < 1.29 is 0 Å². The predicted molar refractivity (Wildman–Crippen MR) is 138 cm³/mol. The molecule has 0 bridgehead atoms. The van der Waals surface area contributed by atoms with Crippen LogP contribution >= 0.6 is 0 Å². The van der Waals surface area contributed by atoms with Gasteiger partial charge in [0.1, 0.15) is 0 Å². The number of hydrogen-bond donors (Lipinski definition) is 0. The van der Waals surface area contributed by atoms with E-state index in [4.69, 9.17) is 0 Å². The molecule has 4 aromatic carbocycles. The maximum Gasteiger partial charge on any atom is 0.358 e. The molecule has 0 saturated heterocycles. The van der Waals surface area contributed by atoms with Gasteiger partial charge in [-0.25, -0.2) is 18.7 Å². The number of nitrogens with zero attached hydrogens (tertiary/aromatic N) is 3. The molecule has 5 heteroatoms. The third-order valence-corrected chi connectivity index (χ3v) is 6.86. The molecule has 0 spiro atoms. The van der Waals surface area contributed by atoms with E-state index in [1.54, 1.807) is 24.3 Å². The molecule has 0 atom stereocenters. The molecule has 0 aliphatic heterocycles. The van der Waals surface area contributed by atoms with Gasteiger partial charge in [-0.1, -0.05) is 86.6 Å². The Morgan fingerprint density at radius 1 is 0.629 bits per heavy atom. The number of para-hydroxylation sites is 2. The highest BCUT2D eigenvalue weighted by Crippen LogP contribution is 2.49. The summed E-state index contributed by atoms with van der Waals surface area (Å²) in [6, 6.07) is 32.7. The summed E-state index contributed by atoms with van der Waals surface area (Å²) in [6.45, 7) is 4.40. The lowest BCUT2D eigenvalue weighted by molar-refractivity contribution is 0.660. The molecule has 0 amide bonds. The van der Waals surface area contributed by atoms with Gasteiger partial charge in [-0.15, -0.1) is 0 Å². The van der Waals surface area contributed by atoms with Gasteiger partial charge in [-0.3, -0.25) is 0 Å². The van der Waals surface area contributed by atoms with Crippen molar-refractivity contribution in [2.75, 3.05) is 0 Å². The molecule has 5 nitrogen and oxygen atoms in total. The monoisotopic (exact) mass is 457 g/mol. The molecule has 35 heavy (non-hydrogen) atoms. The van der Waals surface area contributed by atoms with Gasteiger partial charge >= 0.3 is 11.4 Å². The van der Waals surface area contributed by atoms with Crippen LogP contribution in [0.5, 0.6) is 0 Å². The first-order chi connectivity index (χ1) is 17.0. The first-order valence-electron chi connectivity index (χ1n) is 11.6. The summed E-state index contributed by atoms with van der Waals surface area (Å²) < 4.78 is 2.63. The van der Waals surface area contributed by atoms with E-state index in [0.29, 0.717) is 17.2 Å². The van der Waals surface area contributed by atoms with Crippen LogP contribution in [0.3, 0.4) is 0 Å². The molecular formula is C30H23N3O2. The largest absolute Gasteiger partial charge is 0.358 e. The van der Waals surface area contributed by atoms with Crippen molar-refractivity contribution >= 4 is 0 Å². The van der Waals surface area contributed by atoms with E-state index in [9.17, 15) is 9.59 Å². The summed E-state index contributed by atoms with van der Waals surface area (Å²) in [6.07, 6.45) is 0. The molecule has 0 saturated carbocycles. The second-order valence-corrected chi connectivity index (χ2v) is 9.27. The van der Waals surface area contributed by atoms with Gasteiger partial charge in [-0.2, -0.15) is 4.98 Å². The van der Waals surface area contributed by atoms with Crippen molar-refractivity contribution in [2.45, 2.75) is 19.3 Å². The lowest BCUT2D eigenvalue weighted by Gasteiger charge is -2.22. The normalized spacial score (nSPS) is 13.3. The zero-order chi connectivity index (χ0) is 24.2. The summed E-state index contributed by atoms with van der Waals surface area (Å²) in [5.74, 6) is 0.327. The average Bonchev–Trinajstić information content (AvgIpc) is 3.11. The molecule has 0 unspecified atom stereocenters. The topological polar surface area (TPSA) is 56.9 Å². The van der Waals surface area contributed by atoms with Crippen molar-refractivity contribution in [3.63, 3.8) is 0 Å². The third-order valence-electron chi connectivity index (χ3n) is 6.86. The maximum absolute atomic E-state index is 13.8. The van der Waals surface area contributed by atoms with Crippen LogP contribution in [0.4, 0.5) is 0 Å². The van der Waals surface area contributed by atoms with E-state index in [1.807, 2.05) is 42.5 Å². The highest BCUT2D eigenvalue weighted by molar-refractivity contribution is 5.83. The van der Waals surface area contributed by atoms with Gasteiger partial charge in [0.05, 0.1) is 11.4 Å². The Morgan fingerprint density at radius 3 is 1.89 bits per heavy atom. The first kappa shape index (κ1) is 21.1. The lowest BCUT2D eigenvalue weighted by Crippen LogP contribution is -2.40. The van der Waals surface area contributed by atoms with Gasteiger partial charge < -0.3 is 0 Å². The third kappa shape index (κ3) is 3.20. The molecule has 0 N–H and O–H groups in total. The Labute approximate surface area is 202 Å². The van der Waals surface area contributed by atoms with Crippen LogP contribution in [0, 0.1) is 0 Å². The Kier molecular flexibility index (Phi) is 4.68. The van der Waals surface area contributed by atoms with Crippen molar-refractivity contribution in [3.05, 3.63) is 135 Å². The second kappa shape index (κ2) is 7.77. The van der Waals surface area contributed by atoms with Gasteiger partial charge in [0.2, 0.25) is 0 Å². The minimum Gasteiger partial charge on any atom is -0.247 e. The van der Waals surface area contributed by atoms with Crippen molar-refractivity contribution in [1.29, 1.82) is 0 Å². The molecule has 0 radical (unpaired) electrons. The van der Waals surface area contributed by atoms with E-state index in [-0.39, 0.29) is 5.41 Å². The Balaban J connectivity index is 1.63. The van der Waals surface area contributed by atoms with Crippen LogP contribution in [-0.4, -0.2) is 14.1 Å². The fourth-order valence-electron chi connectivity index (χ4n) is 5.11. The van der Waals surface area contributed by atoms with Crippen LogP contribution in [0.1, 0.15) is 25.0 Å². The summed E-state index contributed by atoms with van der Waals surface area (Å²) in [7, 11) is 0. The molecule has 1 heterocycles. The standard InChI is InChI=1S/C30H23N3O2/c1-30(2)25-16-10-9-15-23(25)24-18-17-20(19-26(24)30)27-31-28(34)33(22-13-7-4-8-14-22)29(35)32(27)21-11-5-3-6-12-21/h3-19H,1-2H3. The van der Waals surface area contributed by atoms with Crippen LogP contribution in [0.15, 0.2) is 113 Å². The second-order valence-electron chi connectivity index (χ2n) is 9.27. The average molecular weight is 458 g/mol. The Hall–Kier alpha value is -4.51. The van der Waals surface area contributed by atoms with Crippen LogP contribution in [-0.2, 0) is 5.41 Å². The number of fused-ring (bicyclic) bond motifs is 3. The number of benzene rings is 4. The molecule has 0 fully saturated rings. The smallest absolute Gasteiger partial charge is 0.247 e. The van der Waals surface area contributed by atoms with Crippen molar-refractivity contribution in [1.82, 2.24) is 14.1 Å². The van der Waals surface area contributed by atoms with E-state index in [1.165, 1.54) is 21.3 Å². The fraction of sp³-hybridized carbons (Fsp3) is 0.100. The Morgan fingerprint density at radius 2 is 1.20 bits per heavy atom. The Bertz CT molecular complexity index is 1700. The molecule has 6 rings (SSSR count).